The van der Waals surface area contributed by atoms with Crippen molar-refractivity contribution >= 4 is 0 Å². The van der Waals surface area contributed by atoms with Crippen LogP contribution in [0.25, 0.3) is 0 Å². The zero-order chi connectivity index (χ0) is 6.85. The first-order chi connectivity index (χ1) is 4.18. The summed E-state index contributed by atoms with van der Waals surface area (Å²) in [5.74, 6) is 0.958. The molecule has 0 aliphatic carbocycles. The maximum Gasteiger partial charge on any atom is 1.00 e. The van der Waals surface area contributed by atoms with Crippen molar-refractivity contribution in [2.24, 2.45) is 0 Å². The van der Waals surface area contributed by atoms with Crippen LogP contribution in [0.15, 0.2) is 0 Å². The summed E-state index contributed by atoms with van der Waals surface area (Å²) in [5.41, 5.74) is 0. The molecule has 0 fully saturated rings. The van der Waals surface area contributed by atoms with Gasteiger partial charge in [0, 0.05) is 0 Å². The Morgan fingerprint density at radius 1 is 1.00 bits per heavy atom. The zero-order valence-corrected chi connectivity index (χ0v) is 8.25. The molecule has 0 bridgehead atoms. The average Bonchev–Trinajstić information content (AvgIpc) is 1.59. The van der Waals surface area contributed by atoms with E-state index in [0.717, 1.165) is 0 Å². The molecule has 1 aromatic heterocycles. The fourth-order valence-corrected chi connectivity index (χ4v) is 0.586. The quantitative estimate of drug-likeness (QED) is 0.358. The number of aryl methyl sites for hydroxylation is 2. The molecular formula is C5H6N3NaO. The van der Waals surface area contributed by atoms with E-state index in [1.807, 2.05) is 0 Å². The van der Waals surface area contributed by atoms with Gasteiger partial charge in [0.1, 0.15) is 11.6 Å². The van der Waals surface area contributed by atoms with E-state index in [-0.39, 0.29) is 29.6 Å². The summed E-state index contributed by atoms with van der Waals surface area (Å²) in [6.07, 6.45) is 0. The van der Waals surface area contributed by atoms with Crippen molar-refractivity contribution in [1.82, 2.24) is 15.0 Å². The topological polar surface area (TPSA) is 61.7 Å². The molecule has 48 valence electrons. The van der Waals surface area contributed by atoms with E-state index in [1.165, 1.54) is 0 Å². The Morgan fingerprint density at radius 3 is 1.70 bits per heavy atom. The van der Waals surface area contributed by atoms with Crippen molar-refractivity contribution in [3.8, 4) is 6.01 Å². The number of rotatable bonds is 0. The normalized spacial score (nSPS) is 8.60. The van der Waals surface area contributed by atoms with Crippen LogP contribution >= 0.6 is 0 Å². The second-order valence-corrected chi connectivity index (χ2v) is 1.71. The van der Waals surface area contributed by atoms with Crippen molar-refractivity contribution in [3.05, 3.63) is 11.6 Å². The van der Waals surface area contributed by atoms with Crippen molar-refractivity contribution in [3.63, 3.8) is 0 Å². The van der Waals surface area contributed by atoms with E-state index in [0.29, 0.717) is 11.6 Å². The monoisotopic (exact) mass is 147 g/mol. The smallest absolute Gasteiger partial charge is 0.844 e. The van der Waals surface area contributed by atoms with Gasteiger partial charge in [-0.3, -0.25) is 0 Å². The van der Waals surface area contributed by atoms with Gasteiger partial charge in [-0.25, -0.2) is 15.0 Å². The van der Waals surface area contributed by atoms with Gasteiger partial charge in [0.2, 0.25) is 0 Å². The second kappa shape index (κ2) is 3.85. The van der Waals surface area contributed by atoms with E-state index < -0.39 is 6.01 Å². The molecule has 1 rings (SSSR count). The minimum atomic E-state index is -0.458. The maximum atomic E-state index is 10.4. The van der Waals surface area contributed by atoms with Gasteiger partial charge in [-0.05, 0) is 13.8 Å². The van der Waals surface area contributed by atoms with Gasteiger partial charge in [0.25, 0.3) is 0 Å². The van der Waals surface area contributed by atoms with Crippen LogP contribution in [0.2, 0.25) is 0 Å². The van der Waals surface area contributed by atoms with E-state index in [4.69, 9.17) is 0 Å². The summed E-state index contributed by atoms with van der Waals surface area (Å²) in [7, 11) is 0. The predicted octanol–water partition coefficient (Wildman–Crippen LogP) is -3.43. The molecule has 0 saturated carbocycles. The minimum absolute atomic E-state index is 0. The number of nitrogens with zero attached hydrogens (tertiary/aromatic N) is 3. The summed E-state index contributed by atoms with van der Waals surface area (Å²) in [4.78, 5) is 10.7. The van der Waals surface area contributed by atoms with E-state index >= 15 is 0 Å². The summed E-state index contributed by atoms with van der Waals surface area (Å²) >= 11 is 0. The molecule has 0 radical (unpaired) electrons. The van der Waals surface area contributed by atoms with E-state index in [1.54, 1.807) is 13.8 Å². The molecule has 0 aliphatic heterocycles. The standard InChI is InChI=1S/C5H7N3O.Na/c1-3-6-4(2)8-5(9)7-3;/h1-2H3,(H,6,7,8,9);/q;+1/p-1. The molecule has 0 aromatic carbocycles. The van der Waals surface area contributed by atoms with Crippen LogP contribution in [0.3, 0.4) is 0 Å². The molecular weight excluding hydrogens is 141 g/mol. The summed E-state index contributed by atoms with van der Waals surface area (Å²) in [6.45, 7) is 3.33. The first-order valence-electron chi connectivity index (χ1n) is 2.55. The predicted molar refractivity (Wildman–Crippen MR) is 28.7 cm³/mol. The van der Waals surface area contributed by atoms with E-state index in [2.05, 4.69) is 15.0 Å². The number of aromatic nitrogens is 3. The molecule has 4 nitrogen and oxygen atoms in total. The third-order valence-electron chi connectivity index (χ3n) is 0.839. The van der Waals surface area contributed by atoms with Crippen LogP contribution in [0.5, 0.6) is 6.01 Å². The Hall–Kier alpha value is -0.190. The number of hydrogen-bond acceptors (Lipinski definition) is 4. The van der Waals surface area contributed by atoms with Crippen LogP contribution in [-0.4, -0.2) is 15.0 Å². The molecule has 0 N–H and O–H groups in total. The van der Waals surface area contributed by atoms with Crippen molar-refractivity contribution in [1.29, 1.82) is 0 Å². The molecule has 10 heavy (non-hydrogen) atoms. The molecule has 0 amide bonds. The fourth-order valence-electron chi connectivity index (χ4n) is 0.586. The summed E-state index contributed by atoms with van der Waals surface area (Å²) < 4.78 is 0. The molecule has 0 spiro atoms. The third kappa shape index (κ3) is 2.60. The largest absolute Gasteiger partial charge is 1.00 e. The summed E-state index contributed by atoms with van der Waals surface area (Å²) in [6, 6.07) is -0.458. The first kappa shape index (κ1) is 9.81. The molecule has 0 atom stereocenters. The zero-order valence-electron chi connectivity index (χ0n) is 6.25. The van der Waals surface area contributed by atoms with Gasteiger partial charge < -0.3 is 5.11 Å². The molecule has 0 aliphatic rings. The number of hydrogen-bond donors (Lipinski definition) is 0. The fraction of sp³-hybridized carbons (Fsp3) is 0.400. The Labute approximate surface area is 81.0 Å². The van der Waals surface area contributed by atoms with Gasteiger partial charge >= 0.3 is 29.6 Å². The van der Waals surface area contributed by atoms with Crippen molar-refractivity contribution < 1.29 is 34.7 Å². The van der Waals surface area contributed by atoms with Gasteiger partial charge in [0.05, 0.1) is 6.01 Å². The van der Waals surface area contributed by atoms with Gasteiger partial charge in [0.15, 0.2) is 0 Å². The van der Waals surface area contributed by atoms with Crippen LogP contribution in [0.4, 0.5) is 0 Å². The van der Waals surface area contributed by atoms with Crippen molar-refractivity contribution in [2.75, 3.05) is 0 Å². The van der Waals surface area contributed by atoms with Crippen molar-refractivity contribution in [2.45, 2.75) is 13.8 Å². The van der Waals surface area contributed by atoms with Crippen LogP contribution in [0.1, 0.15) is 11.6 Å². The first-order valence-corrected chi connectivity index (χ1v) is 2.55. The molecule has 5 heteroatoms. The molecule has 1 aromatic rings. The van der Waals surface area contributed by atoms with Crippen LogP contribution in [-0.2, 0) is 0 Å². The van der Waals surface area contributed by atoms with Gasteiger partial charge in [-0.2, -0.15) is 0 Å². The third-order valence-corrected chi connectivity index (χ3v) is 0.839. The van der Waals surface area contributed by atoms with Crippen LogP contribution < -0.4 is 34.7 Å². The van der Waals surface area contributed by atoms with E-state index in [9.17, 15) is 5.11 Å². The SMILES string of the molecule is Cc1nc(C)nc([O-])n1.[Na+]. The Balaban J connectivity index is 0.000000810. The Kier molecular flexibility index (Phi) is 3.78. The Bertz CT molecular complexity index is 178. The minimum Gasteiger partial charge on any atom is -0.844 e. The molecule has 0 saturated heterocycles. The van der Waals surface area contributed by atoms with Crippen LogP contribution in [0, 0.1) is 13.8 Å². The summed E-state index contributed by atoms with van der Waals surface area (Å²) in [5, 5.41) is 10.4. The average molecular weight is 147 g/mol. The maximum absolute atomic E-state index is 10.4. The second-order valence-electron chi connectivity index (χ2n) is 1.71. The molecule has 0 unspecified atom stereocenters. The Morgan fingerprint density at radius 2 is 1.40 bits per heavy atom. The molecule has 1 heterocycles. The van der Waals surface area contributed by atoms with Gasteiger partial charge in [-0.15, -0.1) is 0 Å². The van der Waals surface area contributed by atoms with Gasteiger partial charge in [-0.1, -0.05) is 0 Å².